The van der Waals surface area contributed by atoms with Crippen molar-refractivity contribution in [1.29, 1.82) is 0 Å². The minimum absolute atomic E-state index is 0.0257. The third kappa shape index (κ3) is 2.79. The van der Waals surface area contributed by atoms with E-state index in [9.17, 15) is 10.1 Å². The van der Waals surface area contributed by atoms with Crippen molar-refractivity contribution < 1.29 is 9.66 Å². The van der Waals surface area contributed by atoms with E-state index in [-0.39, 0.29) is 5.69 Å². The summed E-state index contributed by atoms with van der Waals surface area (Å²) in [7, 11) is 1.54. The molecule has 0 amide bonds. The SMILES string of the molecule is COc1cc(C)c(Nc2ccccc2[N+](=O)[O-])cn1. The lowest BCUT2D eigenvalue weighted by molar-refractivity contribution is -0.383. The maximum Gasteiger partial charge on any atom is 0.292 e. The monoisotopic (exact) mass is 259 g/mol. The van der Waals surface area contributed by atoms with Gasteiger partial charge < -0.3 is 10.1 Å². The van der Waals surface area contributed by atoms with E-state index >= 15 is 0 Å². The number of para-hydroxylation sites is 2. The molecule has 0 spiro atoms. The standard InChI is InChI=1S/C13H13N3O3/c1-9-7-13(19-2)14-8-11(9)15-10-5-3-4-6-12(10)16(17)18/h3-8,15H,1-2H3. The number of benzene rings is 1. The van der Waals surface area contributed by atoms with Gasteiger partial charge in [0.15, 0.2) is 0 Å². The third-order valence-electron chi connectivity index (χ3n) is 2.66. The third-order valence-corrected chi connectivity index (χ3v) is 2.66. The van der Waals surface area contributed by atoms with Crippen LogP contribution in [0.25, 0.3) is 0 Å². The number of hydrogen-bond donors (Lipinski definition) is 1. The molecule has 2 rings (SSSR count). The van der Waals surface area contributed by atoms with Gasteiger partial charge >= 0.3 is 0 Å². The molecule has 0 unspecified atom stereocenters. The molecule has 6 heteroatoms. The molecule has 2 aromatic rings. The van der Waals surface area contributed by atoms with Gasteiger partial charge in [-0.1, -0.05) is 12.1 Å². The second-order valence-corrected chi connectivity index (χ2v) is 3.94. The van der Waals surface area contributed by atoms with Crippen LogP contribution in [0.3, 0.4) is 0 Å². The van der Waals surface area contributed by atoms with Gasteiger partial charge in [0.1, 0.15) is 5.69 Å². The lowest BCUT2D eigenvalue weighted by Gasteiger charge is -2.10. The molecule has 1 N–H and O–H groups in total. The summed E-state index contributed by atoms with van der Waals surface area (Å²) in [5.41, 5.74) is 2.06. The van der Waals surface area contributed by atoms with Crippen molar-refractivity contribution in [1.82, 2.24) is 4.98 Å². The Kier molecular flexibility index (Phi) is 3.61. The molecule has 0 atom stereocenters. The zero-order chi connectivity index (χ0) is 13.8. The van der Waals surface area contributed by atoms with E-state index in [2.05, 4.69) is 10.3 Å². The second kappa shape index (κ2) is 5.34. The van der Waals surface area contributed by atoms with Crippen LogP contribution >= 0.6 is 0 Å². The summed E-state index contributed by atoms with van der Waals surface area (Å²) in [4.78, 5) is 14.6. The Morgan fingerprint density at radius 2 is 2.05 bits per heavy atom. The van der Waals surface area contributed by atoms with Gasteiger partial charge in [-0.15, -0.1) is 0 Å². The van der Waals surface area contributed by atoms with Crippen LogP contribution in [0, 0.1) is 17.0 Å². The van der Waals surface area contributed by atoms with Crippen LogP contribution in [-0.4, -0.2) is 17.0 Å². The van der Waals surface area contributed by atoms with Crippen LogP contribution in [0.2, 0.25) is 0 Å². The van der Waals surface area contributed by atoms with Crippen molar-refractivity contribution in [3.05, 3.63) is 52.2 Å². The van der Waals surface area contributed by atoms with Crippen LogP contribution in [0.15, 0.2) is 36.5 Å². The normalized spacial score (nSPS) is 10.0. The van der Waals surface area contributed by atoms with Crippen LogP contribution in [0.4, 0.5) is 17.1 Å². The highest BCUT2D eigenvalue weighted by Crippen LogP contribution is 2.28. The van der Waals surface area contributed by atoms with Gasteiger partial charge in [0.2, 0.25) is 5.88 Å². The number of aromatic nitrogens is 1. The molecular weight excluding hydrogens is 246 g/mol. The highest BCUT2D eigenvalue weighted by molar-refractivity contribution is 5.70. The molecule has 0 fully saturated rings. The van der Waals surface area contributed by atoms with E-state index in [1.807, 2.05) is 6.92 Å². The lowest BCUT2D eigenvalue weighted by Crippen LogP contribution is -1.99. The first-order chi connectivity index (χ1) is 9.11. The van der Waals surface area contributed by atoms with Crippen molar-refractivity contribution in [2.75, 3.05) is 12.4 Å². The van der Waals surface area contributed by atoms with Crippen molar-refractivity contribution >= 4 is 17.1 Å². The molecule has 0 saturated carbocycles. The Labute approximate surface area is 110 Å². The van der Waals surface area contributed by atoms with Crippen LogP contribution < -0.4 is 10.1 Å². The van der Waals surface area contributed by atoms with E-state index in [0.29, 0.717) is 17.3 Å². The number of nitro groups is 1. The number of anilines is 2. The van der Waals surface area contributed by atoms with E-state index in [1.165, 1.54) is 13.2 Å². The molecule has 0 saturated heterocycles. The smallest absolute Gasteiger partial charge is 0.292 e. The second-order valence-electron chi connectivity index (χ2n) is 3.94. The number of nitrogens with one attached hydrogen (secondary N) is 1. The van der Waals surface area contributed by atoms with Gasteiger partial charge in [0, 0.05) is 12.1 Å². The predicted molar refractivity (Wildman–Crippen MR) is 71.9 cm³/mol. The molecule has 1 heterocycles. The number of methoxy groups -OCH3 is 1. The Balaban J connectivity index is 2.34. The summed E-state index contributed by atoms with van der Waals surface area (Å²) in [5.74, 6) is 0.505. The highest BCUT2D eigenvalue weighted by Gasteiger charge is 2.13. The molecule has 98 valence electrons. The van der Waals surface area contributed by atoms with Crippen LogP contribution in [0.5, 0.6) is 5.88 Å². The van der Waals surface area contributed by atoms with Gasteiger partial charge in [0.25, 0.3) is 5.69 Å². The van der Waals surface area contributed by atoms with E-state index < -0.39 is 4.92 Å². The van der Waals surface area contributed by atoms with Crippen molar-refractivity contribution in [2.24, 2.45) is 0 Å². The maximum atomic E-state index is 10.9. The summed E-state index contributed by atoms with van der Waals surface area (Å²) in [6.07, 6.45) is 1.59. The first kappa shape index (κ1) is 12.8. The fourth-order valence-corrected chi connectivity index (χ4v) is 1.66. The molecule has 19 heavy (non-hydrogen) atoms. The predicted octanol–water partition coefficient (Wildman–Crippen LogP) is 3.05. The van der Waals surface area contributed by atoms with E-state index in [0.717, 1.165) is 5.56 Å². The zero-order valence-corrected chi connectivity index (χ0v) is 10.6. The highest BCUT2D eigenvalue weighted by atomic mass is 16.6. The molecule has 6 nitrogen and oxygen atoms in total. The van der Waals surface area contributed by atoms with Crippen molar-refractivity contribution in [3.63, 3.8) is 0 Å². The minimum atomic E-state index is -0.422. The number of hydrogen-bond acceptors (Lipinski definition) is 5. The van der Waals surface area contributed by atoms with Crippen LogP contribution in [-0.2, 0) is 0 Å². The number of aryl methyl sites for hydroxylation is 1. The quantitative estimate of drug-likeness (QED) is 0.674. The fraction of sp³-hybridized carbons (Fsp3) is 0.154. The molecule has 0 bridgehead atoms. The zero-order valence-electron chi connectivity index (χ0n) is 10.6. The Morgan fingerprint density at radius 3 is 2.68 bits per heavy atom. The van der Waals surface area contributed by atoms with E-state index in [1.54, 1.807) is 30.5 Å². The van der Waals surface area contributed by atoms with Gasteiger partial charge in [-0.05, 0) is 18.6 Å². The van der Waals surface area contributed by atoms with Gasteiger partial charge in [-0.2, -0.15) is 0 Å². The van der Waals surface area contributed by atoms with Crippen molar-refractivity contribution in [2.45, 2.75) is 6.92 Å². The Morgan fingerprint density at radius 1 is 1.32 bits per heavy atom. The molecule has 0 radical (unpaired) electrons. The molecule has 0 aliphatic carbocycles. The largest absolute Gasteiger partial charge is 0.481 e. The number of nitrogens with zero attached hydrogens (tertiary/aromatic N) is 2. The summed E-state index contributed by atoms with van der Waals surface area (Å²) >= 11 is 0. The number of nitro benzene ring substituents is 1. The number of rotatable bonds is 4. The summed E-state index contributed by atoms with van der Waals surface area (Å²) in [6, 6.07) is 8.23. The lowest BCUT2D eigenvalue weighted by atomic mass is 10.2. The summed E-state index contributed by atoms with van der Waals surface area (Å²) in [6.45, 7) is 1.88. The summed E-state index contributed by atoms with van der Waals surface area (Å²) in [5, 5.41) is 13.9. The maximum absolute atomic E-state index is 10.9. The average Bonchev–Trinajstić information content (AvgIpc) is 2.41. The number of pyridine rings is 1. The van der Waals surface area contributed by atoms with Gasteiger partial charge in [-0.3, -0.25) is 10.1 Å². The minimum Gasteiger partial charge on any atom is -0.481 e. The van der Waals surface area contributed by atoms with Crippen LogP contribution in [0.1, 0.15) is 5.56 Å². The average molecular weight is 259 g/mol. The topological polar surface area (TPSA) is 77.3 Å². The summed E-state index contributed by atoms with van der Waals surface area (Å²) < 4.78 is 5.02. The van der Waals surface area contributed by atoms with E-state index in [4.69, 9.17) is 4.74 Å². The molecule has 1 aromatic carbocycles. The van der Waals surface area contributed by atoms with Gasteiger partial charge in [-0.25, -0.2) is 4.98 Å². The fourth-order valence-electron chi connectivity index (χ4n) is 1.66. The van der Waals surface area contributed by atoms with Crippen molar-refractivity contribution in [3.8, 4) is 5.88 Å². The first-order valence-electron chi connectivity index (χ1n) is 5.63. The molecular formula is C13H13N3O3. The van der Waals surface area contributed by atoms with Gasteiger partial charge in [0.05, 0.1) is 23.9 Å². The molecule has 0 aliphatic heterocycles. The molecule has 0 aliphatic rings. The Hall–Kier alpha value is -2.63. The molecule has 1 aromatic heterocycles. The number of ether oxygens (including phenoxy) is 1. The Bertz CT molecular complexity index is 614. The first-order valence-corrected chi connectivity index (χ1v) is 5.63.